The predicted octanol–water partition coefficient (Wildman–Crippen LogP) is 3.11. The van der Waals surface area contributed by atoms with Gasteiger partial charge in [0, 0.05) is 11.0 Å². The normalized spacial score (nSPS) is 11.5. The fourth-order valence-electron chi connectivity index (χ4n) is 1.76. The molecule has 1 N–H and O–H groups in total. The molecule has 0 aliphatic heterocycles. The van der Waals surface area contributed by atoms with Crippen LogP contribution in [-0.2, 0) is 16.4 Å². The highest BCUT2D eigenvalue weighted by Gasteiger charge is 2.16. The van der Waals surface area contributed by atoms with Gasteiger partial charge in [-0.15, -0.1) is 0 Å². The SMILES string of the molecule is O=S(=O)(NCCc1cccc(F)c1)c1ccccc1Br. The van der Waals surface area contributed by atoms with Gasteiger partial charge in [0.05, 0.1) is 4.90 Å². The lowest BCUT2D eigenvalue weighted by Gasteiger charge is -2.08. The van der Waals surface area contributed by atoms with Gasteiger partial charge in [-0.05, 0) is 52.2 Å². The van der Waals surface area contributed by atoms with Crippen molar-refractivity contribution in [2.45, 2.75) is 11.3 Å². The maximum Gasteiger partial charge on any atom is 0.241 e. The van der Waals surface area contributed by atoms with E-state index in [0.29, 0.717) is 10.9 Å². The van der Waals surface area contributed by atoms with E-state index < -0.39 is 10.0 Å². The van der Waals surface area contributed by atoms with Crippen LogP contribution in [0.25, 0.3) is 0 Å². The van der Waals surface area contributed by atoms with Crippen molar-refractivity contribution in [1.82, 2.24) is 4.72 Å². The molecular formula is C14H13BrFNO2S. The first-order valence-electron chi connectivity index (χ1n) is 5.98. The number of sulfonamides is 1. The van der Waals surface area contributed by atoms with Crippen molar-refractivity contribution in [2.24, 2.45) is 0 Å². The molecule has 2 aromatic carbocycles. The summed E-state index contributed by atoms with van der Waals surface area (Å²) in [6.45, 7) is 0.215. The second kappa shape index (κ2) is 6.47. The van der Waals surface area contributed by atoms with Gasteiger partial charge in [-0.1, -0.05) is 24.3 Å². The summed E-state index contributed by atoms with van der Waals surface area (Å²) >= 11 is 3.21. The molecule has 3 nitrogen and oxygen atoms in total. The Hall–Kier alpha value is -1.24. The fourth-order valence-corrected chi connectivity index (χ4v) is 3.80. The van der Waals surface area contributed by atoms with E-state index in [4.69, 9.17) is 0 Å². The molecular weight excluding hydrogens is 345 g/mol. The average molecular weight is 358 g/mol. The summed E-state index contributed by atoms with van der Waals surface area (Å²) in [4.78, 5) is 0.194. The molecule has 0 amide bonds. The Bertz CT molecular complexity index is 704. The van der Waals surface area contributed by atoms with Crippen molar-refractivity contribution < 1.29 is 12.8 Å². The van der Waals surface area contributed by atoms with Crippen molar-refractivity contribution in [3.8, 4) is 0 Å². The van der Waals surface area contributed by atoms with Gasteiger partial charge in [0.2, 0.25) is 10.0 Å². The molecule has 20 heavy (non-hydrogen) atoms. The maximum atomic E-state index is 13.0. The van der Waals surface area contributed by atoms with Crippen LogP contribution in [0.2, 0.25) is 0 Å². The molecule has 0 heterocycles. The molecule has 2 rings (SSSR count). The number of halogens is 2. The van der Waals surface area contributed by atoms with E-state index in [-0.39, 0.29) is 17.3 Å². The Morgan fingerprint density at radius 1 is 1.10 bits per heavy atom. The van der Waals surface area contributed by atoms with E-state index in [1.165, 1.54) is 18.2 Å². The van der Waals surface area contributed by atoms with Crippen LogP contribution in [0.1, 0.15) is 5.56 Å². The van der Waals surface area contributed by atoms with Crippen molar-refractivity contribution in [1.29, 1.82) is 0 Å². The number of hydrogen-bond donors (Lipinski definition) is 1. The van der Waals surface area contributed by atoms with E-state index in [1.807, 2.05) is 0 Å². The minimum Gasteiger partial charge on any atom is -0.211 e. The van der Waals surface area contributed by atoms with Crippen molar-refractivity contribution in [3.63, 3.8) is 0 Å². The van der Waals surface area contributed by atoms with E-state index in [1.54, 1.807) is 30.3 Å². The summed E-state index contributed by atoms with van der Waals surface area (Å²) in [6.07, 6.45) is 0.432. The van der Waals surface area contributed by atoms with Crippen LogP contribution >= 0.6 is 15.9 Å². The Kier molecular flexibility index (Phi) is 4.91. The van der Waals surface area contributed by atoms with Crippen LogP contribution in [0, 0.1) is 5.82 Å². The molecule has 0 radical (unpaired) electrons. The van der Waals surface area contributed by atoms with Crippen molar-refractivity contribution >= 4 is 26.0 Å². The lowest BCUT2D eigenvalue weighted by molar-refractivity contribution is 0.581. The van der Waals surface area contributed by atoms with Crippen LogP contribution in [-0.4, -0.2) is 15.0 Å². The number of benzene rings is 2. The Morgan fingerprint density at radius 3 is 2.55 bits per heavy atom. The number of nitrogens with one attached hydrogen (secondary N) is 1. The minimum absolute atomic E-state index is 0.194. The monoisotopic (exact) mass is 357 g/mol. The summed E-state index contributed by atoms with van der Waals surface area (Å²) < 4.78 is 40.2. The minimum atomic E-state index is -3.56. The summed E-state index contributed by atoms with van der Waals surface area (Å²) in [7, 11) is -3.56. The molecule has 0 atom stereocenters. The van der Waals surface area contributed by atoms with Crippen LogP contribution in [0.3, 0.4) is 0 Å². The van der Waals surface area contributed by atoms with Gasteiger partial charge in [-0.3, -0.25) is 0 Å². The third kappa shape index (κ3) is 3.88. The van der Waals surface area contributed by atoms with E-state index in [2.05, 4.69) is 20.7 Å². The molecule has 0 bridgehead atoms. The molecule has 0 unspecified atom stereocenters. The van der Waals surface area contributed by atoms with Crippen LogP contribution < -0.4 is 4.72 Å². The first kappa shape index (κ1) is 15.2. The fraction of sp³-hybridized carbons (Fsp3) is 0.143. The van der Waals surface area contributed by atoms with E-state index in [9.17, 15) is 12.8 Å². The van der Waals surface area contributed by atoms with Crippen molar-refractivity contribution in [3.05, 3.63) is 64.4 Å². The highest BCUT2D eigenvalue weighted by atomic mass is 79.9. The molecule has 0 saturated heterocycles. The summed E-state index contributed by atoms with van der Waals surface area (Å²) in [5.74, 6) is -0.323. The molecule has 106 valence electrons. The van der Waals surface area contributed by atoms with Gasteiger partial charge in [0.25, 0.3) is 0 Å². The summed E-state index contributed by atoms with van der Waals surface area (Å²) in [5.41, 5.74) is 0.750. The van der Waals surface area contributed by atoms with Crippen LogP contribution in [0.4, 0.5) is 4.39 Å². The average Bonchev–Trinajstić information content (AvgIpc) is 2.39. The zero-order valence-electron chi connectivity index (χ0n) is 10.5. The maximum absolute atomic E-state index is 13.0. The van der Waals surface area contributed by atoms with Gasteiger partial charge in [0.1, 0.15) is 5.82 Å². The second-order valence-electron chi connectivity index (χ2n) is 4.21. The van der Waals surface area contributed by atoms with Gasteiger partial charge in [-0.2, -0.15) is 0 Å². The molecule has 0 saturated carbocycles. The molecule has 0 aliphatic carbocycles. The molecule has 0 aliphatic rings. The predicted molar refractivity (Wildman–Crippen MR) is 79.4 cm³/mol. The quantitative estimate of drug-likeness (QED) is 0.893. The van der Waals surface area contributed by atoms with Gasteiger partial charge in [0.15, 0.2) is 0 Å². The highest BCUT2D eigenvalue weighted by molar-refractivity contribution is 9.10. The zero-order chi connectivity index (χ0) is 14.6. The van der Waals surface area contributed by atoms with Crippen LogP contribution in [0.15, 0.2) is 57.9 Å². The molecule has 0 fully saturated rings. The first-order valence-corrected chi connectivity index (χ1v) is 8.25. The van der Waals surface area contributed by atoms with E-state index >= 15 is 0 Å². The van der Waals surface area contributed by atoms with E-state index in [0.717, 1.165) is 5.56 Å². The van der Waals surface area contributed by atoms with Crippen molar-refractivity contribution in [2.75, 3.05) is 6.54 Å². The Morgan fingerprint density at radius 2 is 1.85 bits per heavy atom. The second-order valence-corrected chi connectivity index (χ2v) is 6.80. The zero-order valence-corrected chi connectivity index (χ0v) is 12.9. The molecule has 2 aromatic rings. The van der Waals surface area contributed by atoms with Gasteiger partial charge >= 0.3 is 0 Å². The summed E-state index contributed by atoms with van der Waals surface area (Å²) in [6, 6.07) is 12.7. The Balaban J connectivity index is 2.02. The number of rotatable bonds is 5. The lowest BCUT2D eigenvalue weighted by Crippen LogP contribution is -2.26. The third-order valence-electron chi connectivity index (χ3n) is 2.72. The van der Waals surface area contributed by atoms with Gasteiger partial charge < -0.3 is 0 Å². The number of hydrogen-bond acceptors (Lipinski definition) is 2. The summed E-state index contributed by atoms with van der Waals surface area (Å²) in [5, 5.41) is 0. The largest absolute Gasteiger partial charge is 0.241 e. The highest BCUT2D eigenvalue weighted by Crippen LogP contribution is 2.20. The molecule has 6 heteroatoms. The standard InChI is InChI=1S/C14H13BrFNO2S/c15-13-6-1-2-7-14(13)20(18,19)17-9-8-11-4-3-5-12(16)10-11/h1-7,10,17H,8-9H2. The smallest absolute Gasteiger partial charge is 0.211 e. The third-order valence-corrected chi connectivity index (χ3v) is 5.19. The molecule has 0 spiro atoms. The van der Waals surface area contributed by atoms with Crippen LogP contribution in [0.5, 0.6) is 0 Å². The Labute approximate surface area is 126 Å². The van der Waals surface area contributed by atoms with Gasteiger partial charge in [-0.25, -0.2) is 17.5 Å². The topological polar surface area (TPSA) is 46.2 Å². The lowest BCUT2D eigenvalue weighted by atomic mass is 10.1. The molecule has 0 aromatic heterocycles. The first-order chi connectivity index (χ1) is 9.49.